The molecule has 1 aliphatic carbocycles. The molecule has 0 aliphatic heterocycles. The summed E-state index contributed by atoms with van der Waals surface area (Å²) in [6.07, 6.45) is 0. The normalized spacial score (nSPS) is 13.4. The van der Waals surface area contributed by atoms with Crippen LogP contribution in [0.1, 0.15) is 61.1 Å². The molecule has 338 valence electrons. The summed E-state index contributed by atoms with van der Waals surface area (Å²) >= 11 is 0. The van der Waals surface area contributed by atoms with E-state index in [1.54, 1.807) is 0 Å². The molecular formula is C51H85N9Si. The first-order valence-electron chi connectivity index (χ1n) is 21.9. The molecule has 0 radical (unpaired) electrons. The maximum absolute atomic E-state index is 3.44. The molecule has 3 aromatic carbocycles. The molecule has 0 bridgehead atoms. The molecule has 0 aromatic heterocycles. The second kappa shape index (κ2) is 17.4. The summed E-state index contributed by atoms with van der Waals surface area (Å²) in [5, 5.41) is 4.56. The summed E-state index contributed by atoms with van der Waals surface area (Å²) in [5.41, 5.74) is 25.7. The number of allylic oxidation sites excluding steroid dienone is 4. The van der Waals surface area contributed by atoms with E-state index in [1.165, 1.54) is 122 Å². The van der Waals surface area contributed by atoms with E-state index in [2.05, 4.69) is 240 Å². The minimum Gasteiger partial charge on any atom is -0.376 e. The summed E-state index contributed by atoms with van der Waals surface area (Å²) in [6, 6.07) is 0. The number of rotatable bonds is 13. The van der Waals surface area contributed by atoms with Crippen LogP contribution in [0.15, 0.2) is 22.3 Å². The standard InChI is InChI=1S/C51H85N9Si/c1-29-30(2)32(4)48(31(29)3)61(49-33(5)39(52(11)12)45(58(23)24)40(34(49)6)53(13)14,50-35(7)41(54(15)16)46(59(25)26)42(36(50)8)55(17)18)51-37(9)43(56(19)20)47(60(27)28)44(38(51)10)57(21)22/h48H,1-28H3. The topological polar surface area (TPSA) is 29.2 Å². The number of benzene rings is 3. The van der Waals surface area contributed by atoms with Crippen LogP contribution < -0.4 is 59.7 Å². The van der Waals surface area contributed by atoms with Crippen molar-refractivity contribution in [3.8, 4) is 0 Å². The van der Waals surface area contributed by atoms with E-state index < -0.39 is 8.07 Å². The molecule has 0 fully saturated rings. The zero-order valence-corrected chi connectivity index (χ0v) is 45.1. The molecule has 0 amide bonds. The summed E-state index contributed by atoms with van der Waals surface area (Å²) < 4.78 is 0. The van der Waals surface area contributed by atoms with Crippen LogP contribution in [0.2, 0.25) is 5.54 Å². The molecule has 9 nitrogen and oxygen atoms in total. The van der Waals surface area contributed by atoms with E-state index in [0.29, 0.717) is 0 Å². The van der Waals surface area contributed by atoms with Gasteiger partial charge in [-0.3, -0.25) is 0 Å². The molecule has 0 spiro atoms. The molecule has 0 saturated heterocycles. The number of anilines is 9. The first kappa shape index (κ1) is 49.2. The average Bonchev–Trinajstić information content (AvgIpc) is 3.30. The number of nitrogens with zero attached hydrogens (tertiary/aromatic N) is 9. The van der Waals surface area contributed by atoms with E-state index in [4.69, 9.17) is 0 Å². The highest BCUT2D eigenvalue weighted by atomic mass is 28.3. The summed E-state index contributed by atoms with van der Waals surface area (Å²) in [4.78, 5) is 21.3. The second-order valence-electron chi connectivity index (χ2n) is 19.9. The molecule has 10 heteroatoms. The van der Waals surface area contributed by atoms with E-state index in [-0.39, 0.29) is 5.54 Å². The molecule has 61 heavy (non-hydrogen) atoms. The van der Waals surface area contributed by atoms with Crippen LogP contribution >= 0.6 is 0 Å². The number of hydrogen-bond acceptors (Lipinski definition) is 9. The van der Waals surface area contributed by atoms with Gasteiger partial charge in [-0.2, -0.15) is 0 Å². The van der Waals surface area contributed by atoms with Gasteiger partial charge < -0.3 is 44.1 Å². The Bertz CT molecular complexity index is 1930. The van der Waals surface area contributed by atoms with E-state index in [1.807, 2.05) is 0 Å². The highest BCUT2D eigenvalue weighted by Gasteiger charge is 2.57. The SMILES string of the molecule is CC1=C(C)C([Si](c2c(C)c(N(C)C)c(N(C)C)c(N(C)C)c2C)(c2c(C)c(N(C)C)c(N(C)C)c(N(C)C)c2C)c2c(C)c(N(C)C)c(N(C)C)c(N(C)C)c2C)C(C)=C1C. The molecule has 1 aliphatic rings. The van der Waals surface area contributed by atoms with E-state index >= 15 is 0 Å². The fraction of sp³-hybridized carbons (Fsp3) is 0.569. The Hall–Kier alpha value is -4.44. The van der Waals surface area contributed by atoms with Crippen molar-refractivity contribution in [2.24, 2.45) is 0 Å². The predicted molar refractivity (Wildman–Crippen MR) is 282 cm³/mol. The lowest BCUT2D eigenvalue weighted by molar-refractivity contribution is 1.02. The Kier molecular flexibility index (Phi) is 14.0. The van der Waals surface area contributed by atoms with Crippen LogP contribution in [0, 0.1) is 41.5 Å². The maximum Gasteiger partial charge on any atom is 0.161 e. The smallest absolute Gasteiger partial charge is 0.161 e. The van der Waals surface area contributed by atoms with Crippen LogP contribution in [0.5, 0.6) is 0 Å². The minimum atomic E-state index is -3.44. The quantitative estimate of drug-likeness (QED) is 0.127. The van der Waals surface area contributed by atoms with Crippen molar-refractivity contribution >= 4 is 74.8 Å². The van der Waals surface area contributed by atoms with Crippen LogP contribution in [-0.2, 0) is 0 Å². The molecule has 0 unspecified atom stereocenters. The lowest BCUT2D eigenvalue weighted by Gasteiger charge is -2.49. The minimum absolute atomic E-state index is 0.139. The Morgan fingerprint density at radius 2 is 0.393 bits per heavy atom. The highest BCUT2D eigenvalue weighted by molar-refractivity contribution is 7.14. The zero-order chi connectivity index (χ0) is 47.0. The Morgan fingerprint density at radius 1 is 0.246 bits per heavy atom. The van der Waals surface area contributed by atoms with Gasteiger partial charge >= 0.3 is 0 Å². The van der Waals surface area contributed by atoms with Gasteiger partial charge in [0.05, 0.1) is 51.2 Å². The molecule has 0 saturated carbocycles. The average molecular weight is 852 g/mol. The third-order valence-electron chi connectivity index (χ3n) is 14.0. The monoisotopic (exact) mass is 852 g/mol. The lowest BCUT2D eigenvalue weighted by Crippen LogP contribution is -2.74. The van der Waals surface area contributed by atoms with Gasteiger partial charge in [-0.1, -0.05) is 11.1 Å². The first-order valence-corrected chi connectivity index (χ1v) is 24.0. The molecular weight excluding hydrogens is 767 g/mol. The second-order valence-corrected chi connectivity index (χ2v) is 23.6. The van der Waals surface area contributed by atoms with Crippen LogP contribution in [0.3, 0.4) is 0 Å². The fourth-order valence-electron chi connectivity index (χ4n) is 12.1. The van der Waals surface area contributed by atoms with Crippen LogP contribution in [-0.4, -0.2) is 135 Å². The molecule has 0 N–H and O–H groups in total. The maximum atomic E-state index is 2.47. The Balaban J connectivity index is 2.85. The molecule has 0 heterocycles. The van der Waals surface area contributed by atoms with Gasteiger partial charge in [-0.05, 0) is 129 Å². The summed E-state index contributed by atoms with van der Waals surface area (Å²) in [5.74, 6) is 0. The van der Waals surface area contributed by atoms with Crippen molar-refractivity contribution < 1.29 is 0 Å². The third-order valence-corrected chi connectivity index (χ3v) is 20.3. The molecule has 0 atom stereocenters. The van der Waals surface area contributed by atoms with Crippen molar-refractivity contribution in [3.05, 3.63) is 55.7 Å². The zero-order valence-electron chi connectivity index (χ0n) is 44.1. The summed E-state index contributed by atoms with van der Waals surface area (Å²) in [6.45, 7) is 24.4. The largest absolute Gasteiger partial charge is 0.376 e. The fourth-order valence-corrected chi connectivity index (χ4v) is 19.7. The van der Waals surface area contributed by atoms with Crippen LogP contribution in [0.25, 0.3) is 0 Å². The molecule has 4 rings (SSSR count). The van der Waals surface area contributed by atoms with E-state index in [9.17, 15) is 0 Å². The first-order chi connectivity index (χ1) is 28.0. The van der Waals surface area contributed by atoms with Gasteiger partial charge in [-0.15, -0.1) is 0 Å². The van der Waals surface area contributed by atoms with Gasteiger partial charge in [0, 0.05) is 132 Å². The summed E-state index contributed by atoms with van der Waals surface area (Å²) in [7, 11) is 36.7. The van der Waals surface area contributed by atoms with Crippen molar-refractivity contribution in [3.63, 3.8) is 0 Å². The van der Waals surface area contributed by atoms with Crippen molar-refractivity contribution in [2.75, 3.05) is 171 Å². The lowest BCUT2D eigenvalue weighted by atomic mass is 10.0. The number of hydrogen-bond donors (Lipinski definition) is 0. The van der Waals surface area contributed by atoms with Gasteiger partial charge in [0.1, 0.15) is 0 Å². The van der Waals surface area contributed by atoms with Crippen molar-refractivity contribution in [1.29, 1.82) is 0 Å². The predicted octanol–water partition coefficient (Wildman–Crippen LogP) is 7.66. The van der Waals surface area contributed by atoms with Gasteiger partial charge in [0.2, 0.25) is 0 Å². The van der Waals surface area contributed by atoms with E-state index in [0.717, 1.165) is 0 Å². The third kappa shape index (κ3) is 7.32. The molecule has 3 aromatic rings. The van der Waals surface area contributed by atoms with Gasteiger partial charge in [0.25, 0.3) is 0 Å². The van der Waals surface area contributed by atoms with Crippen molar-refractivity contribution in [1.82, 2.24) is 0 Å². The Morgan fingerprint density at radius 3 is 0.525 bits per heavy atom. The highest BCUT2D eigenvalue weighted by Crippen LogP contribution is 2.54. The Labute approximate surface area is 374 Å². The van der Waals surface area contributed by atoms with Crippen LogP contribution in [0.4, 0.5) is 51.2 Å². The van der Waals surface area contributed by atoms with Gasteiger partial charge in [0.15, 0.2) is 8.07 Å². The van der Waals surface area contributed by atoms with Crippen molar-refractivity contribution in [2.45, 2.75) is 74.8 Å². The van der Waals surface area contributed by atoms with Gasteiger partial charge in [-0.25, -0.2) is 0 Å².